The first kappa shape index (κ1) is 20.1. The highest BCUT2D eigenvalue weighted by molar-refractivity contribution is 5.78. The Morgan fingerprint density at radius 2 is 1.79 bits per heavy atom. The molecule has 2 amide bonds. The Bertz CT molecular complexity index is 774. The maximum Gasteiger partial charge on any atom is 0.233 e. The Labute approximate surface area is 167 Å². The first-order valence-electron chi connectivity index (χ1n) is 10.0. The van der Waals surface area contributed by atoms with Gasteiger partial charge in [0.2, 0.25) is 11.8 Å². The maximum atomic E-state index is 12.3. The Morgan fingerprint density at radius 1 is 1.07 bits per heavy atom. The van der Waals surface area contributed by atoms with Crippen LogP contribution >= 0.6 is 0 Å². The molecule has 0 saturated carbocycles. The summed E-state index contributed by atoms with van der Waals surface area (Å²) in [4.78, 5) is 25.8. The van der Waals surface area contributed by atoms with E-state index in [2.05, 4.69) is 54.0 Å². The van der Waals surface area contributed by atoms with E-state index in [0.29, 0.717) is 13.0 Å². The van der Waals surface area contributed by atoms with E-state index in [0.717, 1.165) is 37.1 Å². The van der Waals surface area contributed by atoms with Crippen LogP contribution in [0.2, 0.25) is 0 Å². The Morgan fingerprint density at radius 3 is 2.46 bits per heavy atom. The molecule has 1 atom stereocenters. The molecule has 1 aliphatic heterocycles. The summed E-state index contributed by atoms with van der Waals surface area (Å²) in [6.45, 7) is 4.48. The summed E-state index contributed by atoms with van der Waals surface area (Å²) in [5, 5.41) is 6.33. The molecule has 2 N–H and O–H groups in total. The van der Waals surface area contributed by atoms with Crippen LogP contribution < -0.4 is 10.6 Å². The van der Waals surface area contributed by atoms with Crippen molar-refractivity contribution in [3.8, 4) is 0 Å². The molecule has 1 unspecified atom stereocenters. The molecule has 148 valence electrons. The second-order valence-corrected chi connectivity index (χ2v) is 7.32. The summed E-state index contributed by atoms with van der Waals surface area (Å²) in [6.07, 6.45) is 2.41. The average molecular weight is 380 g/mol. The summed E-state index contributed by atoms with van der Waals surface area (Å²) in [6, 6.07) is 18.5. The molecule has 2 aromatic rings. The number of carbonyl (C=O) groups excluding carboxylic acids is 2. The van der Waals surface area contributed by atoms with Gasteiger partial charge in [-0.3, -0.25) is 14.9 Å². The molecule has 0 spiro atoms. The number of aryl methyl sites for hydroxylation is 1. The van der Waals surface area contributed by atoms with Gasteiger partial charge in [-0.1, -0.05) is 60.2 Å². The van der Waals surface area contributed by atoms with Gasteiger partial charge in [0.1, 0.15) is 0 Å². The smallest absolute Gasteiger partial charge is 0.233 e. The van der Waals surface area contributed by atoms with Crippen molar-refractivity contribution in [2.75, 3.05) is 26.2 Å². The first-order valence-corrected chi connectivity index (χ1v) is 10.0. The van der Waals surface area contributed by atoms with E-state index in [-0.39, 0.29) is 24.4 Å². The zero-order chi connectivity index (χ0) is 19.8. The van der Waals surface area contributed by atoms with Gasteiger partial charge < -0.3 is 10.2 Å². The third kappa shape index (κ3) is 5.67. The molecule has 0 aromatic heterocycles. The monoisotopic (exact) mass is 379 g/mol. The number of benzene rings is 2. The molecule has 0 radical (unpaired) electrons. The van der Waals surface area contributed by atoms with Gasteiger partial charge in [0, 0.05) is 26.1 Å². The number of likely N-dealkylation sites (tertiary alicyclic amines) is 1. The van der Waals surface area contributed by atoms with Gasteiger partial charge >= 0.3 is 0 Å². The standard InChI is InChI=1S/C23H29N3O2/c1-18-10-12-20(13-11-18)23(19-7-3-2-4-8-19)25-17-21(27)24-14-6-16-26-15-5-9-22(26)28/h2-4,7-8,10-13,23,25H,5-6,9,14-17H2,1H3,(H,24,27). The van der Waals surface area contributed by atoms with E-state index in [1.165, 1.54) is 5.56 Å². The van der Waals surface area contributed by atoms with E-state index >= 15 is 0 Å². The maximum absolute atomic E-state index is 12.3. The van der Waals surface area contributed by atoms with Gasteiger partial charge in [0.15, 0.2) is 0 Å². The molecule has 3 rings (SSSR count). The minimum Gasteiger partial charge on any atom is -0.355 e. The van der Waals surface area contributed by atoms with Crippen LogP contribution in [0.1, 0.15) is 42.0 Å². The van der Waals surface area contributed by atoms with Crippen molar-refractivity contribution in [2.24, 2.45) is 0 Å². The van der Waals surface area contributed by atoms with Gasteiger partial charge in [-0.05, 0) is 30.9 Å². The zero-order valence-corrected chi connectivity index (χ0v) is 16.5. The number of rotatable bonds is 9. The van der Waals surface area contributed by atoms with Crippen LogP contribution in [0.15, 0.2) is 54.6 Å². The number of nitrogens with zero attached hydrogens (tertiary/aromatic N) is 1. The molecule has 1 saturated heterocycles. The molecule has 28 heavy (non-hydrogen) atoms. The minimum atomic E-state index is -0.0326. The fourth-order valence-electron chi connectivity index (χ4n) is 3.53. The highest BCUT2D eigenvalue weighted by atomic mass is 16.2. The lowest BCUT2D eigenvalue weighted by atomic mass is 9.98. The number of hydrogen-bond donors (Lipinski definition) is 2. The van der Waals surface area contributed by atoms with Crippen molar-refractivity contribution in [2.45, 2.75) is 32.2 Å². The van der Waals surface area contributed by atoms with E-state index in [1.807, 2.05) is 23.1 Å². The van der Waals surface area contributed by atoms with Crippen molar-refractivity contribution in [1.82, 2.24) is 15.5 Å². The number of hydrogen-bond acceptors (Lipinski definition) is 3. The lowest BCUT2D eigenvalue weighted by molar-refractivity contribution is -0.127. The predicted octanol–water partition coefficient (Wildman–Crippen LogP) is 2.80. The molecular weight excluding hydrogens is 350 g/mol. The third-order valence-corrected chi connectivity index (χ3v) is 5.11. The lowest BCUT2D eigenvalue weighted by Crippen LogP contribution is -2.37. The van der Waals surface area contributed by atoms with Crippen molar-refractivity contribution >= 4 is 11.8 Å². The van der Waals surface area contributed by atoms with Crippen LogP contribution in [0, 0.1) is 6.92 Å². The van der Waals surface area contributed by atoms with Crippen molar-refractivity contribution < 1.29 is 9.59 Å². The van der Waals surface area contributed by atoms with Gasteiger partial charge in [-0.25, -0.2) is 0 Å². The number of carbonyl (C=O) groups is 2. The van der Waals surface area contributed by atoms with Crippen molar-refractivity contribution in [1.29, 1.82) is 0 Å². The SMILES string of the molecule is Cc1ccc(C(NCC(=O)NCCCN2CCCC2=O)c2ccccc2)cc1. The molecule has 2 aromatic carbocycles. The quantitative estimate of drug-likeness (QED) is 0.659. The number of amides is 2. The Kier molecular flexibility index (Phi) is 7.20. The summed E-state index contributed by atoms with van der Waals surface area (Å²) in [7, 11) is 0. The summed E-state index contributed by atoms with van der Waals surface area (Å²) in [5.41, 5.74) is 3.48. The molecule has 5 heteroatoms. The fourth-order valence-corrected chi connectivity index (χ4v) is 3.53. The van der Waals surface area contributed by atoms with Crippen molar-refractivity contribution in [3.63, 3.8) is 0 Å². The van der Waals surface area contributed by atoms with Gasteiger partial charge in [0.25, 0.3) is 0 Å². The van der Waals surface area contributed by atoms with E-state index < -0.39 is 0 Å². The summed E-state index contributed by atoms with van der Waals surface area (Å²) >= 11 is 0. The van der Waals surface area contributed by atoms with Crippen LogP contribution in [-0.4, -0.2) is 42.9 Å². The predicted molar refractivity (Wildman–Crippen MR) is 111 cm³/mol. The fraction of sp³-hybridized carbons (Fsp3) is 0.391. The van der Waals surface area contributed by atoms with E-state index in [9.17, 15) is 9.59 Å². The molecule has 1 aliphatic rings. The second kappa shape index (κ2) is 10.0. The highest BCUT2D eigenvalue weighted by Crippen LogP contribution is 2.22. The molecule has 0 bridgehead atoms. The van der Waals surface area contributed by atoms with Crippen LogP contribution in [0.3, 0.4) is 0 Å². The normalized spacial score (nSPS) is 14.9. The molecule has 0 aliphatic carbocycles. The van der Waals surface area contributed by atoms with E-state index in [1.54, 1.807) is 0 Å². The van der Waals surface area contributed by atoms with Crippen LogP contribution in [0.4, 0.5) is 0 Å². The van der Waals surface area contributed by atoms with Crippen molar-refractivity contribution in [3.05, 3.63) is 71.3 Å². The highest BCUT2D eigenvalue weighted by Gasteiger charge is 2.19. The van der Waals surface area contributed by atoms with Gasteiger partial charge in [-0.2, -0.15) is 0 Å². The zero-order valence-electron chi connectivity index (χ0n) is 16.5. The average Bonchev–Trinajstić information content (AvgIpc) is 3.12. The van der Waals surface area contributed by atoms with Gasteiger partial charge in [0.05, 0.1) is 12.6 Å². The molecule has 1 heterocycles. The topological polar surface area (TPSA) is 61.4 Å². The Balaban J connectivity index is 1.49. The van der Waals surface area contributed by atoms with Gasteiger partial charge in [-0.15, -0.1) is 0 Å². The summed E-state index contributed by atoms with van der Waals surface area (Å²) in [5.74, 6) is 0.206. The largest absolute Gasteiger partial charge is 0.355 e. The van der Waals surface area contributed by atoms with Crippen LogP contribution in [0.5, 0.6) is 0 Å². The third-order valence-electron chi connectivity index (χ3n) is 5.11. The van der Waals surface area contributed by atoms with E-state index in [4.69, 9.17) is 0 Å². The van der Waals surface area contributed by atoms with Crippen LogP contribution in [-0.2, 0) is 9.59 Å². The molecule has 5 nitrogen and oxygen atoms in total. The first-order chi connectivity index (χ1) is 13.6. The van der Waals surface area contributed by atoms with Crippen LogP contribution in [0.25, 0.3) is 0 Å². The minimum absolute atomic E-state index is 0.0270. The second-order valence-electron chi connectivity index (χ2n) is 7.32. The molecule has 1 fully saturated rings. The number of nitrogens with one attached hydrogen (secondary N) is 2. The lowest BCUT2D eigenvalue weighted by Gasteiger charge is -2.20. The summed E-state index contributed by atoms with van der Waals surface area (Å²) < 4.78 is 0. The molecular formula is C23H29N3O2. The Hall–Kier alpha value is -2.66.